The SMILES string of the molecule is CC[C@H](Nc1nc(N[C@@H](CC)C(F)(F)F)nc(-c2ccnc(C(F)(F)F)n2)n1)C(F)(F)F.S.S. The molecule has 0 fully saturated rings. The minimum Gasteiger partial charge on any atom is -0.342 e. The zero-order valence-corrected chi connectivity index (χ0v) is 19.4. The highest BCUT2D eigenvalue weighted by atomic mass is 32.1. The van der Waals surface area contributed by atoms with Crippen LogP contribution in [0.3, 0.4) is 0 Å². The Bertz CT molecular complexity index is 881. The summed E-state index contributed by atoms with van der Waals surface area (Å²) >= 11 is 0. The molecular weight excluding hydrogens is 525 g/mol. The second kappa shape index (κ2) is 11.9. The maximum absolute atomic E-state index is 13.1. The van der Waals surface area contributed by atoms with Gasteiger partial charge in [-0.3, -0.25) is 0 Å². The first-order valence-electron chi connectivity index (χ1n) is 8.98. The monoisotopic (exact) mass is 545 g/mol. The van der Waals surface area contributed by atoms with Gasteiger partial charge in [-0.25, -0.2) is 9.97 Å². The first kappa shape index (κ1) is 31.8. The molecule has 0 aliphatic carbocycles. The number of halogens is 9. The van der Waals surface area contributed by atoms with Gasteiger partial charge in [0.15, 0.2) is 5.82 Å². The van der Waals surface area contributed by atoms with Gasteiger partial charge in [-0.05, 0) is 18.9 Å². The second-order valence-corrected chi connectivity index (χ2v) is 6.36. The van der Waals surface area contributed by atoms with Gasteiger partial charge in [0.1, 0.15) is 17.8 Å². The summed E-state index contributed by atoms with van der Waals surface area (Å²) in [5.41, 5.74) is -0.582. The molecule has 0 saturated heterocycles. The Morgan fingerprint density at radius 3 is 1.53 bits per heavy atom. The summed E-state index contributed by atoms with van der Waals surface area (Å²) in [6.07, 6.45) is -14.8. The fourth-order valence-corrected chi connectivity index (χ4v) is 2.38. The predicted molar refractivity (Wildman–Crippen MR) is 114 cm³/mol. The summed E-state index contributed by atoms with van der Waals surface area (Å²) in [5.74, 6) is -3.88. The van der Waals surface area contributed by atoms with Crippen LogP contribution in [0.4, 0.5) is 51.4 Å². The minimum absolute atomic E-state index is 0. The molecule has 0 unspecified atom stereocenters. The number of anilines is 2. The maximum atomic E-state index is 13.1. The highest BCUT2D eigenvalue weighted by Crippen LogP contribution is 2.29. The Morgan fingerprint density at radius 1 is 0.735 bits per heavy atom. The van der Waals surface area contributed by atoms with E-state index in [-0.39, 0.29) is 27.0 Å². The zero-order valence-electron chi connectivity index (χ0n) is 17.4. The molecule has 0 amide bonds. The number of aromatic nitrogens is 5. The molecule has 0 aromatic carbocycles. The quantitative estimate of drug-likeness (QED) is 0.470. The van der Waals surface area contributed by atoms with Crippen LogP contribution in [-0.2, 0) is 6.18 Å². The first-order valence-corrected chi connectivity index (χ1v) is 8.98. The molecule has 194 valence electrons. The Hall–Kier alpha value is -2.24. The third-order valence-corrected chi connectivity index (χ3v) is 3.99. The van der Waals surface area contributed by atoms with Gasteiger partial charge in [-0.2, -0.15) is 81.5 Å². The number of nitrogens with zero attached hydrogens (tertiary/aromatic N) is 5. The van der Waals surface area contributed by atoms with Crippen LogP contribution in [0.25, 0.3) is 11.5 Å². The van der Waals surface area contributed by atoms with Crippen molar-refractivity contribution in [3.8, 4) is 11.5 Å². The van der Waals surface area contributed by atoms with Gasteiger partial charge in [-0.1, -0.05) is 13.8 Å². The van der Waals surface area contributed by atoms with Gasteiger partial charge in [0.05, 0.1) is 0 Å². The van der Waals surface area contributed by atoms with E-state index in [0.29, 0.717) is 6.20 Å². The van der Waals surface area contributed by atoms with E-state index >= 15 is 0 Å². The topological polar surface area (TPSA) is 88.5 Å². The zero-order chi connectivity index (χ0) is 24.3. The van der Waals surface area contributed by atoms with E-state index < -0.39 is 72.7 Å². The summed E-state index contributed by atoms with van der Waals surface area (Å²) in [6.45, 7) is 2.37. The first-order chi connectivity index (χ1) is 14.6. The number of hydrogen-bond acceptors (Lipinski definition) is 7. The smallest absolute Gasteiger partial charge is 0.342 e. The molecular formula is C16H20F9N7S2. The van der Waals surface area contributed by atoms with Gasteiger partial charge in [0, 0.05) is 6.20 Å². The van der Waals surface area contributed by atoms with Crippen molar-refractivity contribution in [2.45, 2.75) is 57.3 Å². The molecule has 0 aliphatic heterocycles. The van der Waals surface area contributed by atoms with Crippen LogP contribution in [0.5, 0.6) is 0 Å². The average Bonchev–Trinajstić information content (AvgIpc) is 2.67. The highest BCUT2D eigenvalue weighted by molar-refractivity contribution is 7.59. The average molecular weight is 546 g/mol. The summed E-state index contributed by atoms with van der Waals surface area (Å²) < 4.78 is 117. The van der Waals surface area contributed by atoms with Crippen LogP contribution < -0.4 is 10.6 Å². The molecule has 2 aromatic rings. The largest absolute Gasteiger partial charge is 0.451 e. The maximum Gasteiger partial charge on any atom is 0.451 e. The lowest BCUT2D eigenvalue weighted by molar-refractivity contribution is -0.145. The molecule has 18 heteroatoms. The Labute approximate surface area is 201 Å². The lowest BCUT2D eigenvalue weighted by Gasteiger charge is -2.22. The van der Waals surface area contributed by atoms with Crippen LogP contribution in [0.1, 0.15) is 32.5 Å². The van der Waals surface area contributed by atoms with Gasteiger partial charge in [0.2, 0.25) is 17.7 Å². The molecule has 34 heavy (non-hydrogen) atoms. The third-order valence-electron chi connectivity index (χ3n) is 3.99. The van der Waals surface area contributed by atoms with E-state index in [1.165, 1.54) is 13.8 Å². The van der Waals surface area contributed by atoms with Crippen LogP contribution in [0, 0.1) is 0 Å². The predicted octanol–water partition coefficient (Wildman–Crippen LogP) is 5.08. The molecule has 0 bridgehead atoms. The van der Waals surface area contributed by atoms with Crippen molar-refractivity contribution in [3.63, 3.8) is 0 Å². The van der Waals surface area contributed by atoms with Gasteiger partial charge >= 0.3 is 18.5 Å². The summed E-state index contributed by atoms with van der Waals surface area (Å²) in [6, 6.07) is -3.43. The van der Waals surface area contributed by atoms with E-state index in [2.05, 4.69) is 24.9 Å². The van der Waals surface area contributed by atoms with Crippen LogP contribution in [-0.4, -0.2) is 49.4 Å². The normalized spacial score (nSPS) is 13.9. The fraction of sp³-hybridized carbons (Fsp3) is 0.562. The molecule has 2 N–H and O–H groups in total. The fourth-order valence-electron chi connectivity index (χ4n) is 2.38. The van der Waals surface area contributed by atoms with Crippen molar-refractivity contribution < 1.29 is 39.5 Å². The molecule has 0 aliphatic rings. The minimum atomic E-state index is -4.96. The van der Waals surface area contributed by atoms with Crippen LogP contribution in [0.2, 0.25) is 0 Å². The molecule has 0 spiro atoms. The van der Waals surface area contributed by atoms with Gasteiger partial charge < -0.3 is 10.6 Å². The van der Waals surface area contributed by atoms with Crippen LogP contribution >= 0.6 is 27.0 Å². The van der Waals surface area contributed by atoms with E-state index in [4.69, 9.17) is 0 Å². The summed E-state index contributed by atoms with van der Waals surface area (Å²) in [5, 5.41) is 3.84. The van der Waals surface area contributed by atoms with Crippen molar-refractivity contribution >= 4 is 38.9 Å². The van der Waals surface area contributed by atoms with Crippen molar-refractivity contribution in [1.82, 2.24) is 24.9 Å². The molecule has 2 aromatic heterocycles. The lowest BCUT2D eigenvalue weighted by atomic mass is 10.2. The van der Waals surface area contributed by atoms with Crippen molar-refractivity contribution in [2.75, 3.05) is 10.6 Å². The summed E-state index contributed by atoms with van der Waals surface area (Å²) in [7, 11) is 0. The Balaban J connectivity index is 0.00000544. The molecule has 2 atom stereocenters. The third kappa shape index (κ3) is 8.52. The highest BCUT2D eigenvalue weighted by Gasteiger charge is 2.40. The van der Waals surface area contributed by atoms with E-state index in [9.17, 15) is 39.5 Å². The Kier molecular flexibility index (Phi) is 11.2. The number of alkyl halides is 9. The molecule has 7 nitrogen and oxygen atoms in total. The number of nitrogens with one attached hydrogen (secondary N) is 2. The summed E-state index contributed by atoms with van der Waals surface area (Å²) in [4.78, 5) is 17.0. The molecule has 2 rings (SSSR count). The number of hydrogen-bond donors (Lipinski definition) is 2. The lowest BCUT2D eigenvalue weighted by Crippen LogP contribution is -2.37. The van der Waals surface area contributed by atoms with Crippen molar-refractivity contribution in [3.05, 3.63) is 18.1 Å². The van der Waals surface area contributed by atoms with Gasteiger partial charge in [0.25, 0.3) is 0 Å². The second-order valence-electron chi connectivity index (χ2n) is 6.36. The Morgan fingerprint density at radius 2 is 1.18 bits per heavy atom. The molecule has 0 saturated carbocycles. The van der Waals surface area contributed by atoms with Crippen molar-refractivity contribution in [1.29, 1.82) is 0 Å². The van der Waals surface area contributed by atoms with Gasteiger partial charge in [-0.15, -0.1) is 0 Å². The molecule has 2 heterocycles. The van der Waals surface area contributed by atoms with E-state index in [0.717, 1.165) is 6.07 Å². The van der Waals surface area contributed by atoms with E-state index in [1.54, 1.807) is 0 Å². The van der Waals surface area contributed by atoms with Crippen LogP contribution in [0.15, 0.2) is 12.3 Å². The standard InChI is InChI=1S/C16H16F9N7.2H2S/c1-3-8(14(17,18)19)28-12-30-10(7-5-6-26-11(27-7)16(23,24)25)31-13(32-12)29-9(4-2)15(20,21)22;;/h5-6,8-9H,3-4H2,1-2H3,(H2,28,29,30,31,32);2*1H2/t8-,9-;;/m0../s1. The van der Waals surface area contributed by atoms with E-state index in [1.807, 2.05) is 10.6 Å². The van der Waals surface area contributed by atoms with Crippen molar-refractivity contribution in [2.24, 2.45) is 0 Å². The molecule has 0 radical (unpaired) electrons. The number of rotatable bonds is 7.